The van der Waals surface area contributed by atoms with Crippen molar-refractivity contribution in [3.63, 3.8) is 0 Å². The molecule has 1 aliphatic rings. The topological polar surface area (TPSA) is 45.6 Å². The lowest BCUT2D eigenvalue weighted by Gasteiger charge is -2.32. The lowest BCUT2D eigenvalue weighted by atomic mass is 10.0. The van der Waals surface area contributed by atoms with E-state index in [4.69, 9.17) is 9.72 Å². The third-order valence-electron chi connectivity index (χ3n) is 3.99. The van der Waals surface area contributed by atoms with Crippen LogP contribution in [0.15, 0.2) is 0 Å². The zero-order valence-electron chi connectivity index (χ0n) is 12.8. The standard InChI is InChI=1S/C15H26N2O2S/c1-4-11(3)14-13(10-18)20-15(16-14)17-8-6-7-12(9-17)19-5-2/h11-12,18H,4-10H2,1-3H3. The van der Waals surface area contributed by atoms with Crippen molar-refractivity contribution in [1.29, 1.82) is 0 Å². The molecule has 2 unspecified atom stereocenters. The first-order valence-electron chi connectivity index (χ1n) is 7.66. The lowest BCUT2D eigenvalue weighted by Crippen LogP contribution is -2.39. The second kappa shape index (κ2) is 7.38. The van der Waals surface area contributed by atoms with E-state index in [2.05, 4.69) is 18.7 Å². The lowest BCUT2D eigenvalue weighted by molar-refractivity contribution is 0.0526. The summed E-state index contributed by atoms with van der Waals surface area (Å²) in [6.07, 6.45) is 3.66. The zero-order valence-corrected chi connectivity index (χ0v) is 13.6. The van der Waals surface area contributed by atoms with Gasteiger partial charge in [-0.15, -0.1) is 0 Å². The average molecular weight is 298 g/mol. The molecule has 0 saturated carbocycles. The number of aliphatic hydroxyl groups excluding tert-OH is 1. The molecule has 0 bridgehead atoms. The van der Waals surface area contributed by atoms with Crippen LogP contribution in [-0.4, -0.2) is 35.9 Å². The van der Waals surface area contributed by atoms with Gasteiger partial charge in [-0.05, 0) is 32.1 Å². The highest BCUT2D eigenvalue weighted by molar-refractivity contribution is 7.15. The molecule has 1 aliphatic heterocycles. The summed E-state index contributed by atoms with van der Waals surface area (Å²) in [5, 5.41) is 10.6. The maximum absolute atomic E-state index is 9.54. The number of thiazole rings is 1. The van der Waals surface area contributed by atoms with Gasteiger partial charge in [0, 0.05) is 19.7 Å². The summed E-state index contributed by atoms with van der Waals surface area (Å²) >= 11 is 1.64. The van der Waals surface area contributed by atoms with E-state index in [0.29, 0.717) is 12.0 Å². The molecule has 2 rings (SSSR count). The molecular weight excluding hydrogens is 272 g/mol. The number of piperidine rings is 1. The predicted octanol–water partition coefficient (Wildman–Crippen LogP) is 3.15. The fourth-order valence-electron chi connectivity index (χ4n) is 2.66. The van der Waals surface area contributed by atoms with Crippen LogP contribution in [0.4, 0.5) is 5.13 Å². The van der Waals surface area contributed by atoms with Gasteiger partial charge in [0.2, 0.25) is 0 Å². The number of hydrogen-bond acceptors (Lipinski definition) is 5. The fraction of sp³-hybridized carbons (Fsp3) is 0.800. The van der Waals surface area contributed by atoms with Crippen LogP contribution in [0.1, 0.15) is 56.5 Å². The first kappa shape index (κ1) is 15.7. The van der Waals surface area contributed by atoms with Crippen LogP contribution in [0.25, 0.3) is 0 Å². The van der Waals surface area contributed by atoms with Crippen molar-refractivity contribution in [2.24, 2.45) is 0 Å². The largest absolute Gasteiger partial charge is 0.391 e. The molecule has 0 spiro atoms. The van der Waals surface area contributed by atoms with Crippen LogP contribution in [0, 0.1) is 0 Å². The molecule has 1 aromatic rings. The molecule has 20 heavy (non-hydrogen) atoms. The summed E-state index contributed by atoms with van der Waals surface area (Å²) in [6.45, 7) is 9.23. The van der Waals surface area contributed by atoms with Gasteiger partial charge in [-0.3, -0.25) is 0 Å². The summed E-state index contributed by atoms with van der Waals surface area (Å²) in [5.74, 6) is 0.412. The second-order valence-corrected chi connectivity index (χ2v) is 6.50. The Kier molecular flexibility index (Phi) is 5.81. The van der Waals surface area contributed by atoms with Crippen LogP contribution in [0.2, 0.25) is 0 Å². The van der Waals surface area contributed by atoms with E-state index in [-0.39, 0.29) is 6.61 Å². The van der Waals surface area contributed by atoms with Crippen molar-refractivity contribution in [2.45, 2.75) is 58.7 Å². The second-order valence-electron chi connectivity index (χ2n) is 5.44. The fourth-order valence-corrected chi connectivity index (χ4v) is 3.74. The van der Waals surface area contributed by atoms with E-state index in [9.17, 15) is 5.11 Å². The zero-order chi connectivity index (χ0) is 14.5. The molecule has 4 nitrogen and oxygen atoms in total. The smallest absolute Gasteiger partial charge is 0.185 e. The van der Waals surface area contributed by atoms with Gasteiger partial charge in [0.05, 0.1) is 23.3 Å². The van der Waals surface area contributed by atoms with Gasteiger partial charge in [-0.2, -0.15) is 0 Å². The van der Waals surface area contributed by atoms with Crippen molar-refractivity contribution in [2.75, 3.05) is 24.6 Å². The first-order valence-corrected chi connectivity index (χ1v) is 8.48. The minimum absolute atomic E-state index is 0.0973. The number of ether oxygens (including phenoxy) is 1. The maximum atomic E-state index is 9.54. The Labute approximate surface area is 125 Å². The monoisotopic (exact) mass is 298 g/mol. The summed E-state index contributed by atoms with van der Waals surface area (Å²) < 4.78 is 5.75. The summed E-state index contributed by atoms with van der Waals surface area (Å²) in [6, 6.07) is 0. The van der Waals surface area contributed by atoms with Crippen molar-refractivity contribution in [3.8, 4) is 0 Å². The van der Waals surface area contributed by atoms with Gasteiger partial charge >= 0.3 is 0 Å². The van der Waals surface area contributed by atoms with Gasteiger partial charge in [0.15, 0.2) is 5.13 Å². The molecule has 5 heteroatoms. The quantitative estimate of drug-likeness (QED) is 0.876. The van der Waals surface area contributed by atoms with Gasteiger partial charge in [0.25, 0.3) is 0 Å². The Morgan fingerprint density at radius 3 is 2.95 bits per heavy atom. The first-order chi connectivity index (χ1) is 9.69. The van der Waals surface area contributed by atoms with Crippen LogP contribution >= 0.6 is 11.3 Å². The molecule has 2 heterocycles. The van der Waals surface area contributed by atoms with Crippen molar-refractivity contribution >= 4 is 16.5 Å². The van der Waals surface area contributed by atoms with Crippen LogP contribution < -0.4 is 4.90 Å². The van der Waals surface area contributed by atoms with E-state index in [1.807, 2.05) is 6.92 Å². The molecule has 0 radical (unpaired) electrons. The van der Waals surface area contributed by atoms with Crippen LogP contribution in [-0.2, 0) is 11.3 Å². The molecule has 1 N–H and O–H groups in total. The van der Waals surface area contributed by atoms with Gasteiger partial charge in [0.1, 0.15) is 0 Å². The minimum Gasteiger partial charge on any atom is -0.391 e. The Hall–Kier alpha value is -0.650. The number of aliphatic hydroxyl groups is 1. The summed E-state index contributed by atoms with van der Waals surface area (Å²) in [4.78, 5) is 8.14. The molecule has 0 amide bonds. The molecule has 2 atom stereocenters. The van der Waals surface area contributed by atoms with E-state index < -0.39 is 0 Å². The SMILES string of the molecule is CCOC1CCCN(c2nc(C(C)CC)c(CO)s2)C1. The number of hydrogen-bond donors (Lipinski definition) is 1. The van der Waals surface area contributed by atoms with Crippen LogP contribution in [0.3, 0.4) is 0 Å². The maximum Gasteiger partial charge on any atom is 0.185 e. The van der Waals surface area contributed by atoms with E-state index in [1.54, 1.807) is 11.3 Å². The Bertz CT molecular complexity index is 420. The number of anilines is 1. The minimum atomic E-state index is 0.0973. The Balaban J connectivity index is 2.13. The predicted molar refractivity (Wildman–Crippen MR) is 83.6 cm³/mol. The molecule has 1 fully saturated rings. The summed E-state index contributed by atoms with van der Waals surface area (Å²) in [7, 11) is 0. The molecular formula is C15H26N2O2S. The van der Waals surface area contributed by atoms with Gasteiger partial charge in [-0.1, -0.05) is 25.2 Å². The molecule has 0 aliphatic carbocycles. The molecule has 1 saturated heterocycles. The molecule has 114 valence electrons. The average Bonchev–Trinajstić information content (AvgIpc) is 2.91. The van der Waals surface area contributed by atoms with Crippen molar-refractivity contribution in [1.82, 2.24) is 4.98 Å². The van der Waals surface area contributed by atoms with Gasteiger partial charge in [-0.25, -0.2) is 4.98 Å². The van der Waals surface area contributed by atoms with Crippen LogP contribution in [0.5, 0.6) is 0 Å². The number of nitrogens with zero attached hydrogens (tertiary/aromatic N) is 2. The van der Waals surface area contributed by atoms with Crippen molar-refractivity contribution in [3.05, 3.63) is 10.6 Å². The van der Waals surface area contributed by atoms with E-state index in [1.165, 1.54) is 0 Å². The number of aromatic nitrogens is 1. The van der Waals surface area contributed by atoms with E-state index >= 15 is 0 Å². The third kappa shape index (κ3) is 3.51. The van der Waals surface area contributed by atoms with Gasteiger partial charge < -0.3 is 14.7 Å². The van der Waals surface area contributed by atoms with E-state index in [0.717, 1.165) is 54.7 Å². The normalized spacial score (nSPS) is 21.2. The number of rotatable bonds is 6. The highest BCUT2D eigenvalue weighted by atomic mass is 32.1. The highest BCUT2D eigenvalue weighted by Gasteiger charge is 2.24. The van der Waals surface area contributed by atoms with Crippen molar-refractivity contribution < 1.29 is 9.84 Å². The molecule has 1 aromatic heterocycles. The Morgan fingerprint density at radius 2 is 2.30 bits per heavy atom. The summed E-state index contributed by atoms with van der Waals surface area (Å²) in [5.41, 5.74) is 1.08. The third-order valence-corrected chi connectivity index (χ3v) is 5.11. The Morgan fingerprint density at radius 1 is 1.50 bits per heavy atom. The highest BCUT2D eigenvalue weighted by Crippen LogP contribution is 2.33. The molecule has 0 aromatic carbocycles.